The quantitative estimate of drug-likeness (QED) is 0.866. The highest BCUT2D eigenvalue weighted by Crippen LogP contribution is 2.26. The SMILES string of the molecule is CC1CC(NCc2ccc(I)o2)C1. The van der Waals surface area contributed by atoms with Crippen molar-refractivity contribution in [2.45, 2.75) is 32.4 Å². The van der Waals surface area contributed by atoms with Crippen LogP contribution in [0.3, 0.4) is 0 Å². The van der Waals surface area contributed by atoms with Gasteiger partial charge in [0.05, 0.1) is 6.54 Å². The van der Waals surface area contributed by atoms with E-state index in [0.29, 0.717) is 0 Å². The fraction of sp³-hybridized carbons (Fsp3) is 0.600. The van der Waals surface area contributed by atoms with Gasteiger partial charge in [-0.05, 0) is 53.5 Å². The summed E-state index contributed by atoms with van der Waals surface area (Å²) in [7, 11) is 0. The van der Waals surface area contributed by atoms with Crippen LogP contribution >= 0.6 is 22.6 Å². The Hall–Kier alpha value is -0.0300. The van der Waals surface area contributed by atoms with Gasteiger partial charge in [0.25, 0.3) is 0 Å². The summed E-state index contributed by atoms with van der Waals surface area (Å²) in [6.45, 7) is 3.17. The van der Waals surface area contributed by atoms with E-state index in [1.54, 1.807) is 0 Å². The van der Waals surface area contributed by atoms with Crippen LogP contribution in [0.1, 0.15) is 25.5 Å². The molecular formula is C10H14INO. The van der Waals surface area contributed by atoms with E-state index in [9.17, 15) is 0 Å². The van der Waals surface area contributed by atoms with Crippen molar-refractivity contribution in [3.8, 4) is 0 Å². The Balaban J connectivity index is 1.74. The van der Waals surface area contributed by atoms with Gasteiger partial charge in [-0.1, -0.05) is 6.92 Å². The van der Waals surface area contributed by atoms with Gasteiger partial charge in [-0.3, -0.25) is 0 Å². The Morgan fingerprint density at radius 1 is 1.54 bits per heavy atom. The Kier molecular flexibility index (Phi) is 2.93. The summed E-state index contributed by atoms with van der Waals surface area (Å²) in [5.41, 5.74) is 0. The Morgan fingerprint density at radius 2 is 2.31 bits per heavy atom. The number of nitrogens with one attached hydrogen (secondary N) is 1. The van der Waals surface area contributed by atoms with Crippen LogP contribution in [-0.2, 0) is 6.54 Å². The molecule has 1 N–H and O–H groups in total. The topological polar surface area (TPSA) is 25.2 Å². The molecule has 1 heterocycles. The summed E-state index contributed by atoms with van der Waals surface area (Å²) in [6.07, 6.45) is 2.63. The number of rotatable bonds is 3. The van der Waals surface area contributed by atoms with Crippen LogP contribution in [0.25, 0.3) is 0 Å². The summed E-state index contributed by atoms with van der Waals surface area (Å²) in [5.74, 6) is 1.96. The van der Waals surface area contributed by atoms with E-state index in [4.69, 9.17) is 4.42 Å². The van der Waals surface area contributed by atoms with Crippen molar-refractivity contribution in [2.75, 3.05) is 0 Å². The Morgan fingerprint density at radius 3 is 2.85 bits per heavy atom. The molecule has 0 unspecified atom stereocenters. The van der Waals surface area contributed by atoms with E-state index in [2.05, 4.69) is 34.8 Å². The maximum absolute atomic E-state index is 5.45. The molecule has 1 aromatic rings. The lowest BCUT2D eigenvalue weighted by molar-refractivity contribution is 0.235. The third-order valence-electron chi connectivity index (χ3n) is 2.57. The maximum atomic E-state index is 5.45. The van der Waals surface area contributed by atoms with Crippen molar-refractivity contribution in [1.82, 2.24) is 5.32 Å². The van der Waals surface area contributed by atoms with E-state index < -0.39 is 0 Å². The molecule has 0 amide bonds. The smallest absolute Gasteiger partial charge is 0.164 e. The van der Waals surface area contributed by atoms with Gasteiger partial charge in [0.2, 0.25) is 0 Å². The molecular weight excluding hydrogens is 277 g/mol. The largest absolute Gasteiger partial charge is 0.454 e. The zero-order chi connectivity index (χ0) is 9.26. The summed E-state index contributed by atoms with van der Waals surface area (Å²) in [4.78, 5) is 0. The Bertz CT molecular complexity index is 278. The average Bonchev–Trinajstić information content (AvgIpc) is 2.43. The number of hydrogen-bond acceptors (Lipinski definition) is 2. The van der Waals surface area contributed by atoms with Crippen molar-refractivity contribution >= 4 is 22.6 Å². The number of hydrogen-bond donors (Lipinski definition) is 1. The lowest BCUT2D eigenvalue weighted by Crippen LogP contribution is -2.39. The fourth-order valence-electron chi connectivity index (χ4n) is 1.76. The van der Waals surface area contributed by atoms with Gasteiger partial charge < -0.3 is 9.73 Å². The standard InChI is InChI=1S/C10H14INO/c1-7-4-8(5-7)12-6-9-2-3-10(11)13-9/h2-3,7-8,12H,4-6H2,1H3. The lowest BCUT2D eigenvalue weighted by atomic mass is 9.82. The van der Waals surface area contributed by atoms with Gasteiger partial charge in [0, 0.05) is 6.04 Å². The molecule has 1 aliphatic carbocycles. The average molecular weight is 291 g/mol. The second-order valence-corrected chi connectivity index (χ2v) is 4.92. The van der Waals surface area contributed by atoms with Gasteiger partial charge in [0.15, 0.2) is 3.77 Å². The molecule has 2 nitrogen and oxygen atoms in total. The highest BCUT2D eigenvalue weighted by molar-refractivity contribution is 14.1. The van der Waals surface area contributed by atoms with Crippen LogP contribution in [0.2, 0.25) is 0 Å². The first-order chi connectivity index (χ1) is 6.24. The fourth-order valence-corrected chi connectivity index (χ4v) is 2.22. The van der Waals surface area contributed by atoms with Crippen LogP contribution in [0.15, 0.2) is 16.5 Å². The first-order valence-corrected chi connectivity index (χ1v) is 5.79. The number of furan rings is 1. The molecule has 1 fully saturated rings. The van der Waals surface area contributed by atoms with Crippen molar-refractivity contribution in [1.29, 1.82) is 0 Å². The van der Waals surface area contributed by atoms with E-state index >= 15 is 0 Å². The minimum Gasteiger partial charge on any atom is -0.454 e. The molecule has 1 saturated carbocycles. The first kappa shape index (κ1) is 9.52. The van der Waals surface area contributed by atoms with Crippen LogP contribution < -0.4 is 5.32 Å². The van der Waals surface area contributed by atoms with E-state index in [1.165, 1.54) is 12.8 Å². The number of halogens is 1. The molecule has 0 aliphatic heterocycles. The van der Waals surface area contributed by atoms with Crippen LogP contribution in [-0.4, -0.2) is 6.04 Å². The van der Waals surface area contributed by atoms with Crippen molar-refractivity contribution in [2.24, 2.45) is 5.92 Å². The summed E-state index contributed by atoms with van der Waals surface area (Å²) >= 11 is 2.19. The first-order valence-electron chi connectivity index (χ1n) is 4.71. The maximum Gasteiger partial charge on any atom is 0.164 e. The molecule has 0 spiro atoms. The molecule has 0 atom stereocenters. The molecule has 13 heavy (non-hydrogen) atoms. The van der Waals surface area contributed by atoms with Gasteiger partial charge >= 0.3 is 0 Å². The third kappa shape index (κ3) is 2.47. The van der Waals surface area contributed by atoms with E-state index in [-0.39, 0.29) is 0 Å². The summed E-state index contributed by atoms with van der Waals surface area (Å²) in [5, 5.41) is 3.48. The summed E-state index contributed by atoms with van der Waals surface area (Å²) in [6, 6.07) is 4.76. The van der Waals surface area contributed by atoms with Crippen LogP contribution in [0, 0.1) is 9.68 Å². The molecule has 2 rings (SSSR count). The summed E-state index contributed by atoms with van der Waals surface area (Å²) < 4.78 is 6.42. The van der Waals surface area contributed by atoms with Gasteiger partial charge in [-0.2, -0.15) is 0 Å². The van der Waals surface area contributed by atoms with Gasteiger partial charge in [-0.25, -0.2) is 0 Å². The monoisotopic (exact) mass is 291 g/mol. The second kappa shape index (κ2) is 4.00. The van der Waals surface area contributed by atoms with Gasteiger partial charge in [-0.15, -0.1) is 0 Å². The van der Waals surface area contributed by atoms with E-state index in [1.807, 2.05) is 12.1 Å². The second-order valence-electron chi connectivity index (χ2n) is 3.86. The zero-order valence-corrected chi connectivity index (χ0v) is 9.87. The predicted octanol–water partition coefficient (Wildman–Crippen LogP) is 2.77. The molecule has 1 aromatic heterocycles. The molecule has 0 saturated heterocycles. The van der Waals surface area contributed by atoms with E-state index in [0.717, 1.165) is 28.0 Å². The Labute approximate surface area is 92.2 Å². The zero-order valence-electron chi connectivity index (χ0n) is 7.72. The molecule has 1 aliphatic rings. The van der Waals surface area contributed by atoms with Crippen LogP contribution in [0.4, 0.5) is 0 Å². The highest BCUT2D eigenvalue weighted by atomic mass is 127. The molecule has 0 radical (unpaired) electrons. The van der Waals surface area contributed by atoms with Gasteiger partial charge in [0.1, 0.15) is 5.76 Å². The molecule has 3 heteroatoms. The minimum atomic E-state index is 0.720. The molecule has 0 aromatic carbocycles. The lowest BCUT2D eigenvalue weighted by Gasteiger charge is -2.33. The van der Waals surface area contributed by atoms with Crippen molar-refractivity contribution < 1.29 is 4.42 Å². The minimum absolute atomic E-state index is 0.720. The van der Waals surface area contributed by atoms with Crippen molar-refractivity contribution in [3.05, 3.63) is 21.7 Å². The van der Waals surface area contributed by atoms with Crippen LogP contribution in [0.5, 0.6) is 0 Å². The molecule has 0 bridgehead atoms. The van der Waals surface area contributed by atoms with Crippen molar-refractivity contribution in [3.63, 3.8) is 0 Å². The third-order valence-corrected chi connectivity index (χ3v) is 3.15. The predicted molar refractivity (Wildman–Crippen MR) is 60.5 cm³/mol. The highest BCUT2D eigenvalue weighted by Gasteiger charge is 2.24. The molecule has 72 valence electrons. The normalized spacial score (nSPS) is 27.2.